The molecule has 2 nitrogen and oxygen atoms in total. The first-order valence-electron chi connectivity index (χ1n) is 8.32. The summed E-state index contributed by atoms with van der Waals surface area (Å²) < 4.78 is 19.4. The molecule has 0 aliphatic rings. The number of ether oxygens (including phenoxy) is 1. The third-order valence-electron chi connectivity index (χ3n) is 4.36. The molecule has 0 spiro atoms. The van der Waals surface area contributed by atoms with Crippen LogP contribution in [0, 0.1) is 5.82 Å². The van der Waals surface area contributed by atoms with Gasteiger partial charge in [-0.05, 0) is 53.9 Å². The van der Waals surface area contributed by atoms with Gasteiger partial charge in [0.2, 0.25) is 0 Å². The molecule has 3 rings (SSSR count). The molecule has 24 heavy (non-hydrogen) atoms. The molecule has 0 fully saturated rings. The Balaban J connectivity index is 1.90. The molecule has 0 amide bonds. The van der Waals surface area contributed by atoms with Crippen molar-refractivity contribution in [2.75, 3.05) is 13.2 Å². The van der Waals surface area contributed by atoms with E-state index in [1.165, 1.54) is 16.3 Å². The van der Waals surface area contributed by atoms with Crippen molar-refractivity contribution < 1.29 is 9.13 Å². The Morgan fingerprint density at radius 3 is 2.58 bits per heavy atom. The second kappa shape index (κ2) is 7.45. The lowest BCUT2D eigenvalue weighted by Gasteiger charge is -2.18. The van der Waals surface area contributed by atoms with Gasteiger partial charge in [-0.25, -0.2) is 4.39 Å². The minimum Gasteiger partial charge on any atom is -0.491 e. The zero-order valence-electron chi connectivity index (χ0n) is 13.8. The van der Waals surface area contributed by atoms with Gasteiger partial charge in [-0.2, -0.15) is 0 Å². The van der Waals surface area contributed by atoms with Crippen molar-refractivity contribution in [2.24, 2.45) is 5.73 Å². The highest BCUT2D eigenvalue weighted by Crippen LogP contribution is 2.28. The molecule has 0 saturated carbocycles. The summed E-state index contributed by atoms with van der Waals surface area (Å²) in [6.45, 7) is 2.76. The maximum absolute atomic E-state index is 14.2. The number of nitrogens with two attached hydrogens (primary N) is 1. The maximum atomic E-state index is 14.2. The van der Waals surface area contributed by atoms with E-state index in [4.69, 9.17) is 10.5 Å². The van der Waals surface area contributed by atoms with Gasteiger partial charge in [0.15, 0.2) is 11.6 Å². The van der Waals surface area contributed by atoms with Crippen LogP contribution in [0.2, 0.25) is 0 Å². The van der Waals surface area contributed by atoms with Crippen molar-refractivity contribution in [3.05, 3.63) is 77.6 Å². The zero-order chi connectivity index (χ0) is 16.9. The highest BCUT2D eigenvalue weighted by atomic mass is 19.1. The van der Waals surface area contributed by atoms with E-state index in [1.807, 2.05) is 25.1 Å². The number of hydrogen-bond donors (Lipinski definition) is 1. The van der Waals surface area contributed by atoms with Crippen molar-refractivity contribution in [1.82, 2.24) is 0 Å². The first-order chi connectivity index (χ1) is 11.7. The van der Waals surface area contributed by atoms with Crippen LogP contribution in [0.25, 0.3) is 10.8 Å². The van der Waals surface area contributed by atoms with Gasteiger partial charge in [-0.3, -0.25) is 0 Å². The molecule has 0 aliphatic heterocycles. The van der Waals surface area contributed by atoms with Gasteiger partial charge in [0.05, 0.1) is 6.61 Å². The molecule has 1 atom stereocenters. The fourth-order valence-corrected chi connectivity index (χ4v) is 3.12. The first kappa shape index (κ1) is 16.5. The predicted octanol–water partition coefficient (Wildman–Crippen LogP) is 4.66. The van der Waals surface area contributed by atoms with Crippen molar-refractivity contribution >= 4 is 10.8 Å². The van der Waals surface area contributed by atoms with Crippen LogP contribution in [-0.4, -0.2) is 13.2 Å². The fourth-order valence-electron chi connectivity index (χ4n) is 3.12. The molecule has 0 radical (unpaired) electrons. The highest BCUT2D eigenvalue weighted by molar-refractivity contribution is 5.85. The molecule has 0 aliphatic carbocycles. The highest BCUT2D eigenvalue weighted by Gasteiger charge is 2.15. The number of benzene rings is 3. The molecular weight excluding hydrogens is 301 g/mol. The molecule has 0 saturated heterocycles. The summed E-state index contributed by atoms with van der Waals surface area (Å²) in [5.41, 5.74) is 8.13. The number of halogens is 1. The Bertz CT molecular complexity index is 826. The first-order valence-corrected chi connectivity index (χ1v) is 8.32. The Hall–Kier alpha value is -2.39. The zero-order valence-corrected chi connectivity index (χ0v) is 13.8. The van der Waals surface area contributed by atoms with Crippen LogP contribution in [0.3, 0.4) is 0 Å². The van der Waals surface area contributed by atoms with E-state index in [1.54, 1.807) is 12.1 Å². The van der Waals surface area contributed by atoms with Crippen LogP contribution in [0.15, 0.2) is 60.7 Å². The monoisotopic (exact) mass is 323 g/mol. The predicted molar refractivity (Wildman–Crippen MR) is 97.0 cm³/mol. The average Bonchev–Trinajstić information content (AvgIpc) is 2.61. The summed E-state index contributed by atoms with van der Waals surface area (Å²) in [5, 5.41) is 2.44. The topological polar surface area (TPSA) is 35.2 Å². The van der Waals surface area contributed by atoms with Gasteiger partial charge in [0.1, 0.15) is 0 Å². The van der Waals surface area contributed by atoms with Crippen LogP contribution < -0.4 is 10.5 Å². The van der Waals surface area contributed by atoms with E-state index in [0.717, 1.165) is 12.0 Å². The third-order valence-corrected chi connectivity index (χ3v) is 4.36. The van der Waals surface area contributed by atoms with Crippen LogP contribution in [0.4, 0.5) is 4.39 Å². The van der Waals surface area contributed by atoms with Gasteiger partial charge in [-0.1, -0.05) is 48.5 Å². The second-order valence-electron chi connectivity index (χ2n) is 5.90. The van der Waals surface area contributed by atoms with Gasteiger partial charge in [-0.15, -0.1) is 0 Å². The quantitative estimate of drug-likeness (QED) is 0.716. The SMILES string of the molecule is CCOc1ccc(C(CN)Cc2cccc3ccccc23)cc1F. The van der Waals surface area contributed by atoms with E-state index in [9.17, 15) is 4.39 Å². The van der Waals surface area contributed by atoms with E-state index in [-0.39, 0.29) is 11.7 Å². The van der Waals surface area contributed by atoms with Crippen molar-refractivity contribution in [2.45, 2.75) is 19.3 Å². The minimum atomic E-state index is -0.328. The Kier molecular flexibility index (Phi) is 5.11. The van der Waals surface area contributed by atoms with Crippen LogP contribution in [0.1, 0.15) is 24.0 Å². The lowest BCUT2D eigenvalue weighted by atomic mass is 9.89. The third kappa shape index (κ3) is 3.41. The molecule has 1 unspecified atom stereocenters. The van der Waals surface area contributed by atoms with E-state index in [2.05, 4.69) is 30.3 Å². The maximum Gasteiger partial charge on any atom is 0.165 e. The molecule has 124 valence electrons. The molecule has 0 bridgehead atoms. The Morgan fingerprint density at radius 2 is 1.83 bits per heavy atom. The Labute approximate surface area is 142 Å². The van der Waals surface area contributed by atoms with E-state index in [0.29, 0.717) is 18.9 Å². The smallest absolute Gasteiger partial charge is 0.165 e. The van der Waals surface area contributed by atoms with Gasteiger partial charge >= 0.3 is 0 Å². The summed E-state index contributed by atoms with van der Waals surface area (Å²) in [6.07, 6.45) is 0.783. The van der Waals surface area contributed by atoms with Gasteiger partial charge in [0.25, 0.3) is 0 Å². The second-order valence-corrected chi connectivity index (χ2v) is 5.90. The lowest BCUT2D eigenvalue weighted by Crippen LogP contribution is -2.15. The van der Waals surface area contributed by atoms with Gasteiger partial charge < -0.3 is 10.5 Å². The summed E-state index contributed by atoms with van der Waals surface area (Å²) in [5.74, 6) is 0.0360. The largest absolute Gasteiger partial charge is 0.491 e. The van der Waals surface area contributed by atoms with Crippen molar-refractivity contribution in [1.29, 1.82) is 0 Å². The van der Waals surface area contributed by atoms with Crippen LogP contribution >= 0.6 is 0 Å². The summed E-state index contributed by atoms with van der Waals surface area (Å²) >= 11 is 0. The molecular formula is C21H22FNO. The summed E-state index contributed by atoms with van der Waals surface area (Å²) in [4.78, 5) is 0. The van der Waals surface area contributed by atoms with Crippen LogP contribution in [-0.2, 0) is 6.42 Å². The number of fused-ring (bicyclic) bond motifs is 1. The summed E-state index contributed by atoms with van der Waals surface area (Å²) in [6, 6.07) is 19.7. The van der Waals surface area contributed by atoms with Crippen molar-refractivity contribution in [3.63, 3.8) is 0 Å². The van der Waals surface area contributed by atoms with Gasteiger partial charge in [0, 0.05) is 5.92 Å². The average molecular weight is 323 g/mol. The molecule has 0 heterocycles. The lowest BCUT2D eigenvalue weighted by molar-refractivity contribution is 0.321. The number of hydrogen-bond acceptors (Lipinski definition) is 2. The minimum absolute atomic E-state index is 0.0704. The van der Waals surface area contributed by atoms with Crippen LogP contribution in [0.5, 0.6) is 5.75 Å². The van der Waals surface area contributed by atoms with E-state index < -0.39 is 0 Å². The molecule has 3 aromatic rings. The molecule has 0 aromatic heterocycles. The standard InChI is InChI=1S/C21H22FNO/c1-2-24-21-11-10-16(13-20(21)22)18(14-23)12-17-8-5-7-15-6-3-4-9-19(15)17/h3-11,13,18H,2,12,14,23H2,1H3. The molecule has 3 heteroatoms. The molecule has 2 N–H and O–H groups in total. The molecule has 3 aromatic carbocycles. The van der Waals surface area contributed by atoms with E-state index >= 15 is 0 Å². The Morgan fingerprint density at radius 1 is 1.04 bits per heavy atom. The number of rotatable bonds is 6. The summed E-state index contributed by atoms with van der Waals surface area (Å²) in [7, 11) is 0. The normalized spacial score (nSPS) is 12.3. The van der Waals surface area contributed by atoms with Crippen molar-refractivity contribution in [3.8, 4) is 5.75 Å². The fraction of sp³-hybridized carbons (Fsp3) is 0.238.